The van der Waals surface area contributed by atoms with E-state index in [2.05, 4.69) is 41.9 Å². The molecule has 0 aliphatic carbocycles. The molecule has 5 heteroatoms. The van der Waals surface area contributed by atoms with Crippen LogP contribution in [0.5, 0.6) is 0 Å². The van der Waals surface area contributed by atoms with Gasteiger partial charge in [0.05, 0.1) is 5.69 Å². The number of benzene rings is 2. The molecule has 0 spiro atoms. The SMILES string of the molecule is Cc1ccc(-c2csc(-c3cccc(NC(N)=S)c3)n2)cc1. The fraction of sp³-hybridized carbons (Fsp3) is 0.0588. The van der Waals surface area contributed by atoms with Gasteiger partial charge >= 0.3 is 0 Å². The number of nitrogens with zero attached hydrogens (tertiary/aromatic N) is 1. The number of nitrogens with one attached hydrogen (secondary N) is 1. The molecule has 0 bridgehead atoms. The summed E-state index contributed by atoms with van der Waals surface area (Å²) in [5.74, 6) is 0. The van der Waals surface area contributed by atoms with Crippen molar-refractivity contribution in [3.8, 4) is 21.8 Å². The maximum Gasteiger partial charge on any atom is 0.168 e. The predicted octanol–water partition coefficient (Wildman–Crippen LogP) is 4.44. The average molecular weight is 325 g/mol. The van der Waals surface area contributed by atoms with E-state index < -0.39 is 0 Å². The van der Waals surface area contributed by atoms with E-state index in [0.717, 1.165) is 27.5 Å². The average Bonchev–Trinajstić information content (AvgIpc) is 2.97. The zero-order valence-electron chi connectivity index (χ0n) is 12.0. The zero-order valence-corrected chi connectivity index (χ0v) is 13.7. The smallest absolute Gasteiger partial charge is 0.168 e. The summed E-state index contributed by atoms with van der Waals surface area (Å²) in [5, 5.41) is 6.26. The third-order valence-corrected chi connectivity index (χ3v) is 4.22. The summed E-state index contributed by atoms with van der Waals surface area (Å²) < 4.78 is 0. The summed E-state index contributed by atoms with van der Waals surface area (Å²) in [6, 6.07) is 16.3. The number of thiazole rings is 1. The lowest BCUT2D eigenvalue weighted by Gasteiger charge is -2.04. The lowest BCUT2D eigenvalue weighted by atomic mass is 10.1. The van der Waals surface area contributed by atoms with Gasteiger partial charge in [-0.25, -0.2) is 4.98 Å². The molecule has 22 heavy (non-hydrogen) atoms. The quantitative estimate of drug-likeness (QED) is 0.699. The van der Waals surface area contributed by atoms with E-state index in [-0.39, 0.29) is 5.11 Å². The van der Waals surface area contributed by atoms with Crippen LogP contribution in [0.1, 0.15) is 5.56 Å². The minimum absolute atomic E-state index is 0.261. The van der Waals surface area contributed by atoms with Crippen molar-refractivity contribution in [2.24, 2.45) is 5.73 Å². The van der Waals surface area contributed by atoms with Crippen LogP contribution in [0.2, 0.25) is 0 Å². The maximum absolute atomic E-state index is 5.51. The lowest BCUT2D eigenvalue weighted by molar-refractivity contribution is 1.39. The Morgan fingerprint density at radius 3 is 2.64 bits per heavy atom. The third-order valence-electron chi connectivity index (χ3n) is 3.23. The number of thiocarbonyl (C=S) groups is 1. The van der Waals surface area contributed by atoms with E-state index in [1.54, 1.807) is 11.3 Å². The van der Waals surface area contributed by atoms with Crippen molar-refractivity contribution >= 4 is 34.4 Å². The van der Waals surface area contributed by atoms with Gasteiger partial charge in [-0.15, -0.1) is 11.3 Å². The van der Waals surface area contributed by atoms with E-state index >= 15 is 0 Å². The first kappa shape index (κ1) is 14.7. The molecular formula is C17H15N3S2. The van der Waals surface area contributed by atoms with E-state index in [4.69, 9.17) is 22.9 Å². The van der Waals surface area contributed by atoms with Gasteiger partial charge in [0.15, 0.2) is 5.11 Å². The van der Waals surface area contributed by atoms with Gasteiger partial charge in [-0.1, -0.05) is 42.0 Å². The minimum atomic E-state index is 0.261. The van der Waals surface area contributed by atoms with E-state index in [0.29, 0.717) is 0 Å². The van der Waals surface area contributed by atoms with Crippen molar-refractivity contribution in [2.75, 3.05) is 5.32 Å². The largest absolute Gasteiger partial charge is 0.376 e. The van der Waals surface area contributed by atoms with Gasteiger partial charge in [-0.3, -0.25) is 0 Å². The van der Waals surface area contributed by atoms with Gasteiger partial charge in [0.25, 0.3) is 0 Å². The molecule has 110 valence electrons. The minimum Gasteiger partial charge on any atom is -0.376 e. The van der Waals surface area contributed by atoms with Crippen LogP contribution in [-0.2, 0) is 0 Å². The highest BCUT2D eigenvalue weighted by Crippen LogP contribution is 2.30. The lowest BCUT2D eigenvalue weighted by Crippen LogP contribution is -2.18. The normalized spacial score (nSPS) is 10.4. The summed E-state index contributed by atoms with van der Waals surface area (Å²) >= 11 is 6.50. The molecular weight excluding hydrogens is 310 g/mol. The van der Waals surface area contributed by atoms with Gasteiger partial charge in [-0.05, 0) is 31.3 Å². The number of hydrogen-bond donors (Lipinski definition) is 2. The van der Waals surface area contributed by atoms with Crippen LogP contribution in [0.3, 0.4) is 0 Å². The molecule has 3 rings (SSSR count). The Kier molecular flexibility index (Phi) is 4.18. The highest BCUT2D eigenvalue weighted by Gasteiger charge is 2.07. The fourth-order valence-corrected chi connectivity index (χ4v) is 3.08. The predicted molar refractivity (Wildman–Crippen MR) is 98.1 cm³/mol. The molecule has 0 amide bonds. The highest BCUT2D eigenvalue weighted by atomic mass is 32.1. The van der Waals surface area contributed by atoms with Gasteiger partial charge in [-0.2, -0.15) is 0 Å². The Labute approximate surface area is 138 Å². The molecule has 0 fully saturated rings. The first-order valence-corrected chi connectivity index (χ1v) is 8.10. The van der Waals surface area contributed by atoms with Gasteiger partial charge < -0.3 is 11.1 Å². The van der Waals surface area contributed by atoms with Crippen LogP contribution in [0.4, 0.5) is 5.69 Å². The molecule has 0 aliphatic heterocycles. The summed E-state index contributed by atoms with van der Waals surface area (Å²) in [6.07, 6.45) is 0. The number of aryl methyl sites for hydroxylation is 1. The second-order valence-electron chi connectivity index (χ2n) is 4.97. The second kappa shape index (κ2) is 6.25. The van der Waals surface area contributed by atoms with Gasteiger partial charge in [0.1, 0.15) is 5.01 Å². The molecule has 3 nitrogen and oxygen atoms in total. The summed E-state index contributed by atoms with van der Waals surface area (Å²) in [6.45, 7) is 2.08. The molecule has 0 unspecified atom stereocenters. The maximum atomic E-state index is 5.51. The topological polar surface area (TPSA) is 50.9 Å². The molecule has 0 radical (unpaired) electrons. The van der Waals surface area contributed by atoms with E-state index in [1.165, 1.54) is 5.56 Å². The third kappa shape index (κ3) is 3.32. The van der Waals surface area contributed by atoms with Crippen molar-refractivity contribution in [1.29, 1.82) is 0 Å². The van der Waals surface area contributed by atoms with Crippen LogP contribution in [-0.4, -0.2) is 10.1 Å². The van der Waals surface area contributed by atoms with Crippen molar-refractivity contribution < 1.29 is 0 Å². The van der Waals surface area contributed by atoms with Crippen molar-refractivity contribution in [2.45, 2.75) is 6.92 Å². The number of aromatic nitrogens is 1. The molecule has 3 N–H and O–H groups in total. The van der Waals surface area contributed by atoms with Crippen LogP contribution in [0.25, 0.3) is 21.8 Å². The van der Waals surface area contributed by atoms with E-state index in [9.17, 15) is 0 Å². The van der Waals surface area contributed by atoms with Gasteiger partial charge in [0, 0.05) is 22.2 Å². The van der Waals surface area contributed by atoms with Crippen LogP contribution < -0.4 is 11.1 Å². The molecule has 3 aromatic rings. The van der Waals surface area contributed by atoms with Crippen LogP contribution in [0, 0.1) is 6.92 Å². The summed E-state index contributed by atoms with van der Waals surface area (Å²) in [7, 11) is 0. The Morgan fingerprint density at radius 2 is 1.91 bits per heavy atom. The zero-order chi connectivity index (χ0) is 15.5. The van der Waals surface area contributed by atoms with Crippen LogP contribution >= 0.6 is 23.6 Å². The Hall–Kier alpha value is -2.24. The number of hydrogen-bond acceptors (Lipinski definition) is 3. The van der Waals surface area contributed by atoms with Crippen molar-refractivity contribution in [1.82, 2.24) is 4.98 Å². The Bertz CT molecular complexity index is 807. The molecule has 0 atom stereocenters. The number of nitrogens with two attached hydrogens (primary N) is 1. The number of anilines is 1. The van der Waals surface area contributed by atoms with Gasteiger partial charge in [0.2, 0.25) is 0 Å². The molecule has 0 saturated heterocycles. The summed E-state index contributed by atoms with van der Waals surface area (Å²) in [4.78, 5) is 4.73. The number of rotatable bonds is 3. The van der Waals surface area contributed by atoms with Crippen molar-refractivity contribution in [3.63, 3.8) is 0 Å². The summed E-state index contributed by atoms with van der Waals surface area (Å²) in [5.41, 5.74) is 10.8. The van der Waals surface area contributed by atoms with Crippen LogP contribution in [0.15, 0.2) is 53.9 Å². The monoisotopic (exact) mass is 325 g/mol. The Balaban J connectivity index is 1.90. The highest BCUT2D eigenvalue weighted by molar-refractivity contribution is 7.80. The first-order chi connectivity index (χ1) is 10.6. The Morgan fingerprint density at radius 1 is 1.14 bits per heavy atom. The first-order valence-electron chi connectivity index (χ1n) is 6.81. The van der Waals surface area contributed by atoms with Crippen molar-refractivity contribution in [3.05, 3.63) is 59.5 Å². The van der Waals surface area contributed by atoms with E-state index in [1.807, 2.05) is 24.3 Å². The second-order valence-corrected chi connectivity index (χ2v) is 6.27. The molecule has 1 aromatic heterocycles. The molecule has 0 aliphatic rings. The molecule has 2 aromatic carbocycles. The fourth-order valence-electron chi connectivity index (χ4n) is 2.14. The molecule has 1 heterocycles. The standard InChI is InChI=1S/C17H15N3S2/c1-11-5-7-12(8-6-11)15-10-22-16(20-15)13-3-2-4-14(9-13)19-17(18)21/h2-10H,1H3,(H3,18,19,21). The molecule has 0 saturated carbocycles.